The largest absolute Gasteiger partial charge is 0.369 e. The van der Waals surface area contributed by atoms with E-state index in [0.717, 1.165) is 0 Å². The highest BCUT2D eigenvalue weighted by molar-refractivity contribution is 9.10. The lowest BCUT2D eigenvalue weighted by Gasteiger charge is -2.24. The van der Waals surface area contributed by atoms with Crippen molar-refractivity contribution in [2.24, 2.45) is 0 Å². The maximum absolute atomic E-state index is 11.9. The molecule has 1 aromatic heterocycles. The number of hydrogen-bond donors (Lipinski definition) is 1. The fourth-order valence-corrected chi connectivity index (χ4v) is 1.23. The summed E-state index contributed by atoms with van der Waals surface area (Å²) in [5, 5.41) is 2.65. The normalized spacial score (nSPS) is 14.2. The summed E-state index contributed by atoms with van der Waals surface area (Å²) in [4.78, 5) is 19.8. The number of aromatic nitrogens is 2. The fraction of sp³-hybridized carbons (Fsp3) is 0.500. The molecule has 6 heteroatoms. The van der Waals surface area contributed by atoms with Gasteiger partial charge in [-0.2, -0.15) is 0 Å². The van der Waals surface area contributed by atoms with E-state index in [1.165, 1.54) is 19.5 Å². The molecule has 1 rings (SSSR count). The Hall–Kier alpha value is -1.01. The molecule has 0 bridgehead atoms. The maximum atomic E-state index is 11.9. The van der Waals surface area contributed by atoms with Gasteiger partial charge in [0, 0.05) is 7.11 Å². The van der Waals surface area contributed by atoms with Crippen LogP contribution in [-0.4, -0.2) is 28.6 Å². The molecular formula is C10H14BrN3O2. The van der Waals surface area contributed by atoms with Gasteiger partial charge in [0.05, 0.1) is 12.4 Å². The first-order valence-corrected chi connectivity index (χ1v) is 5.65. The molecule has 88 valence electrons. The summed E-state index contributed by atoms with van der Waals surface area (Å²) in [5.41, 5.74) is -0.839. The lowest BCUT2D eigenvalue weighted by atomic mass is 10.0. The predicted octanol–water partition coefficient (Wildman–Crippen LogP) is 1.99. The average molecular weight is 288 g/mol. The van der Waals surface area contributed by atoms with Crippen LogP contribution in [0.25, 0.3) is 0 Å². The Morgan fingerprint density at radius 2 is 2.25 bits per heavy atom. The standard InChI is InChI=1S/C10H14BrN3O2/c1-4-10(2,16-3)9(15)14-8-6-12-7(11)5-13-8/h5-6H,4H2,1-3H3,(H,13,14,15). The SMILES string of the molecule is CCC(C)(OC)C(=O)Nc1cnc(Br)cn1. The van der Waals surface area contributed by atoms with E-state index < -0.39 is 5.60 Å². The van der Waals surface area contributed by atoms with Gasteiger partial charge < -0.3 is 10.1 Å². The first-order chi connectivity index (χ1) is 7.51. The monoisotopic (exact) mass is 287 g/mol. The second-order valence-corrected chi connectivity index (χ2v) is 4.28. The van der Waals surface area contributed by atoms with E-state index in [4.69, 9.17) is 4.74 Å². The molecule has 0 radical (unpaired) electrons. The highest BCUT2D eigenvalue weighted by Crippen LogP contribution is 2.16. The van der Waals surface area contributed by atoms with Crippen LogP contribution in [0.2, 0.25) is 0 Å². The van der Waals surface area contributed by atoms with Crippen molar-refractivity contribution in [3.8, 4) is 0 Å². The Kier molecular flexibility index (Phi) is 4.37. The van der Waals surface area contributed by atoms with E-state index in [0.29, 0.717) is 16.8 Å². The van der Waals surface area contributed by atoms with E-state index in [-0.39, 0.29) is 5.91 Å². The Bertz CT molecular complexity index is 363. The molecule has 0 fully saturated rings. The van der Waals surface area contributed by atoms with Gasteiger partial charge in [-0.05, 0) is 29.3 Å². The molecule has 1 unspecified atom stereocenters. The van der Waals surface area contributed by atoms with Crippen molar-refractivity contribution < 1.29 is 9.53 Å². The first-order valence-electron chi connectivity index (χ1n) is 4.86. The van der Waals surface area contributed by atoms with Gasteiger partial charge in [0.2, 0.25) is 0 Å². The van der Waals surface area contributed by atoms with Gasteiger partial charge >= 0.3 is 0 Å². The summed E-state index contributed by atoms with van der Waals surface area (Å²) in [7, 11) is 1.51. The minimum absolute atomic E-state index is 0.228. The molecule has 0 aromatic carbocycles. The van der Waals surface area contributed by atoms with Gasteiger partial charge in [-0.25, -0.2) is 9.97 Å². The zero-order valence-electron chi connectivity index (χ0n) is 9.45. The van der Waals surface area contributed by atoms with Crippen molar-refractivity contribution >= 4 is 27.7 Å². The number of anilines is 1. The average Bonchev–Trinajstić information content (AvgIpc) is 2.31. The molecule has 16 heavy (non-hydrogen) atoms. The van der Waals surface area contributed by atoms with Crippen LogP contribution < -0.4 is 5.32 Å². The van der Waals surface area contributed by atoms with Crippen molar-refractivity contribution in [1.82, 2.24) is 9.97 Å². The van der Waals surface area contributed by atoms with Crippen molar-refractivity contribution in [1.29, 1.82) is 0 Å². The molecule has 0 saturated carbocycles. The molecular weight excluding hydrogens is 274 g/mol. The van der Waals surface area contributed by atoms with Crippen molar-refractivity contribution in [2.75, 3.05) is 12.4 Å². The Balaban J connectivity index is 2.74. The number of carbonyl (C=O) groups is 1. The number of methoxy groups -OCH3 is 1. The number of rotatable bonds is 4. The lowest BCUT2D eigenvalue weighted by Crippen LogP contribution is -2.41. The van der Waals surface area contributed by atoms with Gasteiger partial charge in [0.25, 0.3) is 5.91 Å². The van der Waals surface area contributed by atoms with E-state index >= 15 is 0 Å². The lowest BCUT2D eigenvalue weighted by molar-refractivity contribution is -0.136. The minimum atomic E-state index is -0.839. The van der Waals surface area contributed by atoms with Crippen LogP contribution in [0, 0.1) is 0 Å². The van der Waals surface area contributed by atoms with E-state index in [9.17, 15) is 4.79 Å². The third-order valence-corrected chi connectivity index (χ3v) is 2.88. The number of nitrogens with zero attached hydrogens (tertiary/aromatic N) is 2. The van der Waals surface area contributed by atoms with Gasteiger partial charge in [-0.1, -0.05) is 6.92 Å². The third kappa shape index (κ3) is 2.99. The zero-order valence-corrected chi connectivity index (χ0v) is 11.0. The highest BCUT2D eigenvalue weighted by atomic mass is 79.9. The molecule has 0 spiro atoms. The molecule has 0 aliphatic heterocycles. The number of hydrogen-bond acceptors (Lipinski definition) is 4. The fourth-order valence-electron chi connectivity index (χ4n) is 1.02. The number of nitrogens with one attached hydrogen (secondary N) is 1. The Morgan fingerprint density at radius 1 is 1.56 bits per heavy atom. The maximum Gasteiger partial charge on any atom is 0.257 e. The highest BCUT2D eigenvalue weighted by Gasteiger charge is 2.31. The third-order valence-electron chi connectivity index (χ3n) is 2.47. The second kappa shape index (κ2) is 5.36. The summed E-state index contributed by atoms with van der Waals surface area (Å²) < 4.78 is 5.80. The summed E-state index contributed by atoms with van der Waals surface area (Å²) in [6, 6.07) is 0. The van der Waals surface area contributed by atoms with Gasteiger partial charge in [0.15, 0.2) is 5.82 Å². The molecule has 1 N–H and O–H groups in total. The predicted molar refractivity (Wildman–Crippen MR) is 64.1 cm³/mol. The smallest absolute Gasteiger partial charge is 0.257 e. The minimum Gasteiger partial charge on any atom is -0.369 e. The van der Waals surface area contributed by atoms with Crippen LogP contribution in [0.5, 0.6) is 0 Å². The zero-order chi connectivity index (χ0) is 12.2. The summed E-state index contributed by atoms with van der Waals surface area (Å²) in [6.07, 6.45) is 3.58. The molecule has 5 nitrogen and oxygen atoms in total. The molecule has 1 amide bonds. The molecule has 1 heterocycles. The van der Waals surface area contributed by atoms with Crippen LogP contribution in [0.1, 0.15) is 20.3 Å². The van der Waals surface area contributed by atoms with Crippen LogP contribution in [-0.2, 0) is 9.53 Å². The Labute approximate surface area is 103 Å². The van der Waals surface area contributed by atoms with Crippen LogP contribution in [0.3, 0.4) is 0 Å². The second-order valence-electron chi connectivity index (χ2n) is 3.47. The van der Waals surface area contributed by atoms with Crippen LogP contribution in [0.4, 0.5) is 5.82 Å². The Morgan fingerprint density at radius 3 is 2.69 bits per heavy atom. The van der Waals surface area contributed by atoms with E-state index in [1.807, 2.05) is 6.92 Å². The van der Waals surface area contributed by atoms with E-state index in [1.54, 1.807) is 6.92 Å². The number of halogens is 1. The molecule has 1 aromatic rings. The van der Waals surface area contributed by atoms with Crippen molar-refractivity contribution in [3.63, 3.8) is 0 Å². The number of carbonyl (C=O) groups excluding carboxylic acids is 1. The van der Waals surface area contributed by atoms with E-state index in [2.05, 4.69) is 31.2 Å². The number of ether oxygens (including phenoxy) is 1. The van der Waals surface area contributed by atoms with Gasteiger partial charge in [-0.15, -0.1) is 0 Å². The first kappa shape index (κ1) is 13.1. The molecule has 0 saturated heterocycles. The quantitative estimate of drug-likeness (QED) is 0.920. The molecule has 0 aliphatic rings. The van der Waals surface area contributed by atoms with Crippen LogP contribution >= 0.6 is 15.9 Å². The summed E-state index contributed by atoms with van der Waals surface area (Å²) >= 11 is 3.17. The van der Waals surface area contributed by atoms with Crippen LogP contribution in [0.15, 0.2) is 17.0 Å². The summed E-state index contributed by atoms with van der Waals surface area (Å²) in [5.74, 6) is 0.180. The topological polar surface area (TPSA) is 64.1 Å². The van der Waals surface area contributed by atoms with Gasteiger partial charge in [0.1, 0.15) is 10.2 Å². The van der Waals surface area contributed by atoms with Crippen molar-refractivity contribution in [3.05, 3.63) is 17.0 Å². The number of amides is 1. The summed E-state index contributed by atoms with van der Waals surface area (Å²) in [6.45, 7) is 3.62. The van der Waals surface area contributed by atoms with Gasteiger partial charge in [-0.3, -0.25) is 4.79 Å². The van der Waals surface area contributed by atoms with Crippen molar-refractivity contribution in [2.45, 2.75) is 25.9 Å². The molecule has 1 atom stereocenters. The molecule has 0 aliphatic carbocycles.